The highest BCUT2D eigenvalue weighted by Crippen LogP contribution is 2.36. The van der Waals surface area contributed by atoms with E-state index in [9.17, 15) is 4.79 Å². The lowest BCUT2D eigenvalue weighted by molar-refractivity contribution is -0.141. The predicted molar refractivity (Wildman–Crippen MR) is 64.6 cm³/mol. The Hall–Kier alpha value is -0.353. The van der Waals surface area contributed by atoms with E-state index in [1.807, 2.05) is 0 Å². The molecule has 0 fully saturated rings. The molecule has 0 aromatic rings. The Labute approximate surface area is 94.0 Å². The van der Waals surface area contributed by atoms with Crippen molar-refractivity contribution < 1.29 is 14.3 Å². The van der Waals surface area contributed by atoms with Crippen LogP contribution in [0.5, 0.6) is 0 Å². The van der Waals surface area contributed by atoms with Gasteiger partial charge in [0.1, 0.15) is 0 Å². The highest BCUT2D eigenvalue weighted by molar-refractivity contribution is 6.74. The van der Waals surface area contributed by atoms with E-state index >= 15 is 0 Å². The zero-order chi connectivity index (χ0) is 12.3. The van der Waals surface area contributed by atoms with Gasteiger partial charge < -0.3 is 9.53 Å². The normalized spacial score (nSPS) is 15.1. The second kappa shape index (κ2) is 5.12. The summed E-state index contributed by atoms with van der Waals surface area (Å²) in [6.07, 6.45) is 0.599. The van der Waals surface area contributed by atoms with E-state index < -0.39 is 14.3 Å². The minimum Gasteiger partial charge on any atom is -0.481 e. The van der Waals surface area contributed by atoms with Crippen molar-refractivity contribution in [2.24, 2.45) is 5.92 Å². The van der Waals surface area contributed by atoms with E-state index in [0.717, 1.165) is 0 Å². The monoisotopic (exact) mass is 232 g/mol. The maximum absolute atomic E-state index is 10.6. The van der Waals surface area contributed by atoms with Crippen molar-refractivity contribution in [1.29, 1.82) is 0 Å². The van der Waals surface area contributed by atoms with Gasteiger partial charge in [-0.05, 0) is 24.6 Å². The molecule has 4 heteroatoms. The number of carboxylic acids is 1. The summed E-state index contributed by atoms with van der Waals surface area (Å²) in [6, 6.07) is 0. The Bertz CT molecular complexity index is 218. The average Bonchev–Trinajstić information content (AvgIpc) is 2.01. The van der Waals surface area contributed by atoms with Gasteiger partial charge in [0, 0.05) is 6.61 Å². The summed E-state index contributed by atoms with van der Waals surface area (Å²) in [5.41, 5.74) is 0. The molecule has 1 atom stereocenters. The molecule has 0 spiro atoms. The summed E-state index contributed by atoms with van der Waals surface area (Å²) >= 11 is 0. The number of hydrogen-bond acceptors (Lipinski definition) is 2. The van der Waals surface area contributed by atoms with Crippen LogP contribution >= 0.6 is 0 Å². The molecule has 1 unspecified atom stereocenters. The van der Waals surface area contributed by atoms with E-state index in [1.54, 1.807) is 6.92 Å². The molecule has 0 aliphatic carbocycles. The van der Waals surface area contributed by atoms with Crippen molar-refractivity contribution in [3.63, 3.8) is 0 Å². The third-order valence-electron chi connectivity index (χ3n) is 3.24. The summed E-state index contributed by atoms with van der Waals surface area (Å²) in [6.45, 7) is 13.2. The van der Waals surface area contributed by atoms with E-state index in [2.05, 4.69) is 33.9 Å². The Morgan fingerprint density at radius 2 is 1.87 bits per heavy atom. The molecule has 90 valence electrons. The topological polar surface area (TPSA) is 46.5 Å². The van der Waals surface area contributed by atoms with Crippen molar-refractivity contribution in [3.05, 3.63) is 0 Å². The first kappa shape index (κ1) is 14.6. The molecule has 0 amide bonds. The fraction of sp³-hybridized carbons (Fsp3) is 0.909. The molecule has 0 aliphatic rings. The summed E-state index contributed by atoms with van der Waals surface area (Å²) in [5.74, 6) is -1.05. The number of carboxylic acid groups (broad SMARTS) is 1. The fourth-order valence-electron chi connectivity index (χ4n) is 0.831. The molecule has 0 heterocycles. The minimum absolute atomic E-state index is 0.194. The highest BCUT2D eigenvalue weighted by atomic mass is 28.4. The van der Waals surface area contributed by atoms with Crippen LogP contribution in [0.3, 0.4) is 0 Å². The van der Waals surface area contributed by atoms with E-state index in [1.165, 1.54) is 0 Å². The maximum Gasteiger partial charge on any atom is 0.306 e. The van der Waals surface area contributed by atoms with Gasteiger partial charge in [0.15, 0.2) is 8.32 Å². The molecule has 0 aromatic heterocycles. The van der Waals surface area contributed by atoms with Crippen LogP contribution < -0.4 is 0 Å². The summed E-state index contributed by atoms with van der Waals surface area (Å²) in [4.78, 5) is 10.6. The first-order valence-corrected chi connectivity index (χ1v) is 8.35. The lowest BCUT2D eigenvalue weighted by Gasteiger charge is -2.36. The number of rotatable bonds is 5. The molecule has 0 radical (unpaired) electrons. The second-order valence-corrected chi connectivity index (χ2v) is 10.4. The molecule has 0 saturated heterocycles. The summed E-state index contributed by atoms with van der Waals surface area (Å²) in [7, 11) is -1.70. The fourth-order valence-corrected chi connectivity index (χ4v) is 1.89. The van der Waals surface area contributed by atoms with Crippen LogP contribution in [-0.4, -0.2) is 26.0 Å². The van der Waals surface area contributed by atoms with Gasteiger partial charge in [-0.2, -0.15) is 0 Å². The zero-order valence-electron chi connectivity index (χ0n) is 10.8. The third kappa shape index (κ3) is 4.80. The van der Waals surface area contributed by atoms with Crippen LogP contribution in [0, 0.1) is 5.92 Å². The van der Waals surface area contributed by atoms with Gasteiger partial charge in [-0.25, -0.2) is 0 Å². The zero-order valence-corrected chi connectivity index (χ0v) is 11.8. The van der Waals surface area contributed by atoms with Gasteiger partial charge >= 0.3 is 5.97 Å². The first-order valence-electron chi connectivity index (χ1n) is 5.44. The van der Waals surface area contributed by atoms with Crippen molar-refractivity contribution in [2.75, 3.05) is 6.61 Å². The molecular formula is C11H24O3Si. The van der Waals surface area contributed by atoms with Crippen LogP contribution in [0.2, 0.25) is 18.1 Å². The quantitative estimate of drug-likeness (QED) is 0.741. The second-order valence-electron chi connectivity index (χ2n) is 5.64. The average molecular weight is 232 g/mol. The van der Waals surface area contributed by atoms with Gasteiger partial charge in [0.2, 0.25) is 0 Å². The largest absolute Gasteiger partial charge is 0.481 e. The lowest BCUT2D eigenvalue weighted by Crippen LogP contribution is -2.41. The molecule has 3 nitrogen and oxygen atoms in total. The third-order valence-corrected chi connectivity index (χ3v) is 7.78. The molecule has 0 aromatic carbocycles. The molecule has 0 bridgehead atoms. The van der Waals surface area contributed by atoms with E-state index in [0.29, 0.717) is 13.0 Å². The van der Waals surface area contributed by atoms with Crippen LogP contribution in [0.4, 0.5) is 0 Å². The standard InChI is InChI=1S/C11H24O3Si/c1-9(10(12)13)7-8-14-15(5,6)11(2,3)4/h9H,7-8H2,1-6H3,(H,12,13). The smallest absolute Gasteiger partial charge is 0.306 e. The van der Waals surface area contributed by atoms with Crippen molar-refractivity contribution in [2.45, 2.75) is 52.2 Å². The molecule has 0 aliphatic heterocycles. The highest BCUT2D eigenvalue weighted by Gasteiger charge is 2.37. The SMILES string of the molecule is CC(CCO[Si](C)(C)C(C)(C)C)C(=O)O. The maximum atomic E-state index is 10.6. The van der Waals surface area contributed by atoms with Gasteiger partial charge in [0.05, 0.1) is 5.92 Å². The van der Waals surface area contributed by atoms with Crippen LogP contribution in [-0.2, 0) is 9.22 Å². The van der Waals surface area contributed by atoms with Crippen molar-refractivity contribution >= 4 is 14.3 Å². The van der Waals surface area contributed by atoms with Gasteiger partial charge in [0.25, 0.3) is 0 Å². The van der Waals surface area contributed by atoms with Gasteiger partial charge in [-0.1, -0.05) is 27.7 Å². The molecule has 15 heavy (non-hydrogen) atoms. The Kier molecular flexibility index (Phi) is 5.00. The van der Waals surface area contributed by atoms with Crippen molar-refractivity contribution in [1.82, 2.24) is 0 Å². The number of aliphatic carboxylic acids is 1. The lowest BCUT2D eigenvalue weighted by atomic mass is 10.1. The number of hydrogen-bond donors (Lipinski definition) is 1. The minimum atomic E-state index is -1.70. The Morgan fingerprint density at radius 3 is 2.20 bits per heavy atom. The van der Waals surface area contributed by atoms with Crippen LogP contribution in [0.15, 0.2) is 0 Å². The Balaban J connectivity index is 4.01. The first-order chi connectivity index (χ1) is 6.58. The van der Waals surface area contributed by atoms with E-state index in [-0.39, 0.29) is 11.0 Å². The molecular weight excluding hydrogens is 208 g/mol. The van der Waals surface area contributed by atoms with Gasteiger partial charge in [-0.3, -0.25) is 4.79 Å². The molecule has 1 N–H and O–H groups in total. The van der Waals surface area contributed by atoms with Gasteiger partial charge in [-0.15, -0.1) is 0 Å². The predicted octanol–water partition coefficient (Wildman–Crippen LogP) is 3.12. The molecule has 0 saturated carbocycles. The van der Waals surface area contributed by atoms with Crippen LogP contribution in [0.25, 0.3) is 0 Å². The number of carbonyl (C=O) groups is 1. The van der Waals surface area contributed by atoms with E-state index in [4.69, 9.17) is 9.53 Å². The Morgan fingerprint density at radius 1 is 1.40 bits per heavy atom. The van der Waals surface area contributed by atoms with Crippen LogP contribution in [0.1, 0.15) is 34.1 Å². The van der Waals surface area contributed by atoms with Crippen molar-refractivity contribution in [3.8, 4) is 0 Å². The molecule has 0 rings (SSSR count). The summed E-state index contributed by atoms with van der Waals surface area (Å²) in [5, 5.41) is 8.92. The summed E-state index contributed by atoms with van der Waals surface area (Å²) < 4.78 is 5.89.